The van der Waals surface area contributed by atoms with Crippen LogP contribution in [0.5, 0.6) is 0 Å². The number of fused-ring (bicyclic) bond motifs is 7. The molecule has 35 nitrogen and oxygen atoms in total. The molecule has 0 spiro atoms. The van der Waals surface area contributed by atoms with Gasteiger partial charge in [-0.3, -0.25) is 0 Å². The highest BCUT2D eigenvalue weighted by molar-refractivity contribution is 6.25. The van der Waals surface area contributed by atoms with Crippen LogP contribution in [0.3, 0.4) is 0 Å². The number of halogens is 1. The van der Waals surface area contributed by atoms with E-state index >= 15 is 0 Å². The van der Waals surface area contributed by atoms with Crippen LogP contribution < -0.4 is 5.73 Å². The minimum atomic E-state index is -2.32. The summed E-state index contributed by atoms with van der Waals surface area (Å²) in [5.41, 5.74) is 7.75. The topological polar surface area (TPSA) is 560 Å². The first-order chi connectivity index (χ1) is 61.0. The van der Waals surface area contributed by atoms with E-state index < -0.39 is 227 Å². The van der Waals surface area contributed by atoms with E-state index in [1.165, 1.54) is 5.54 Å². The number of allylic oxidation sites excluding steroid dienone is 6. The van der Waals surface area contributed by atoms with Crippen LogP contribution in [0.1, 0.15) is 155 Å². The van der Waals surface area contributed by atoms with Gasteiger partial charge in [-0.05, 0) is 107 Å². The fourth-order valence-corrected chi connectivity index (χ4v) is 20.7. The lowest BCUT2D eigenvalue weighted by Gasteiger charge is -2.53. The Morgan fingerprint density at radius 1 is 0.425 bits per heavy atom. The van der Waals surface area contributed by atoms with E-state index in [2.05, 4.69) is 60.5 Å². The van der Waals surface area contributed by atoms with Gasteiger partial charge in [0.2, 0.25) is 0 Å². The molecular formula is C91H132ClNO34. The number of hydrogen-bond donors (Lipinski definition) is 21. The average Bonchev–Trinajstić information content (AvgIpc) is 1.65. The van der Waals surface area contributed by atoms with Crippen LogP contribution in [0.25, 0.3) is 0 Å². The van der Waals surface area contributed by atoms with E-state index in [4.69, 9.17) is 90.1 Å². The summed E-state index contributed by atoms with van der Waals surface area (Å²) in [5.74, 6) is 18.7. The standard InChI is InChI=1S/C91H132ClNO34/c1-3-4-5-19-24-48(95)72(103)76(107)73(104)50(97)37-52(99)84(127-91-82(113)78(109)75(106)71(43-94)125-91)53(100)39-69-74(105)77(108)79(110)89(124-69)90-81(112)80(111)88-62(123-90)32-31-61(122-88)86-55(102)40-70-87(126-86)51(98)36-47(115-70)35-49(96)56-27-28-58-63(116-56)34-44(2)83(120-58)59-29-30-60-85(121-59)54(101)38-64-66(118-60)42-67-68(119-64)41-65-57(117-67)26-25-46(114-65)23-18-15-17-22-45(93)21-16-13-11-9-7-6-8-10-12-14-20-33-92/h1,9,11,13,15-18,20,23,33,44-91,94-113H,8,10,19,21-22,24-32,34-43,93H2,2H3/b11-9+,16-13+,17-15+,23-18+,33-20+/t44-,45?,46+,47+,48?,49?,50?,51+,52?,53?,54+,55-,56-,57+,58+,59+,60-,61-,62+,63-,64-,65-,66+,67-,68+,69-,70-,71-,72?,73?,74-,75+,76?,77-,78+,79+,80+,81-,82-,83+,84?,85+,86+,87+,88+,89-,90+,91-/m1/s1. The van der Waals surface area contributed by atoms with Gasteiger partial charge in [0.05, 0.1) is 165 Å². The Kier molecular flexibility index (Phi) is 37.0. The number of rotatable bonds is 29. The maximum absolute atomic E-state index is 12.0. The first-order valence-corrected chi connectivity index (χ1v) is 45.7. The zero-order valence-electron chi connectivity index (χ0n) is 71.1. The SMILES string of the molecule is C#CC#CCCC(O)C(O)C(O)C(O)C(O)CC(O)C(O[C@H]1O[C@H](CO)[C@H](O)[C@H](O)[C@H]1O)C(O)C[C@H]1O[C@@H]([C@H]2O[C@H]3CC[C@H]([C@H]4O[C@H]5[C@@H](O)C[C@H](CC(O)[C@H]6CC[C@@H]7O[C@H]([C@@H]8CC[C@H]9O[C@H]%10C[C@H]%11O[C@H]%12CC[C@H](/C=C/C=C/CC(N)C/C=C/C=C/C#CCCC#C/C=C/Cl)O[C@@H]%12C[C@@H]%11O[C@@H]%10C[C@H](O)[C@@H]9O8)[C@H](C)C[C@H]7O6)O[C@@H]5C[C@H]4O)O[C@@H]3[C@@H](O)[C@H]2O)[C@@H](O)[C@H](O)[C@@H]1O. The monoisotopic (exact) mass is 1820 g/mol. The van der Waals surface area contributed by atoms with Gasteiger partial charge in [-0.15, -0.1) is 6.42 Å². The molecule has 0 aliphatic carbocycles. The van der Waals surface area contributed by atoms with Crippen LogP contribution in [0.4, 0.5) is 0 Å². The molecule has 13 saturated heterocycles. The summed E-state index contributed by atoms with van der Waals surface area (Å²) in [4.78, 5) is 0. The van der Waals surface area contributed by atoms with E-state index in [9.17, 15) is 102 Å². The van der Waals surface area contributed by atoms with Crippen molar-refractivity contribution in [1.29, 1.82) is 0 Å². The van der Waals surface area contributed by atoms with E-state index in [0.717, 1.165) is 25.7 Å². The molecule has 13 heterocycles. The number of nitrogens with two attached hydrogens (primary N) is 1. The molecule has 0 bridgehead atoms. The largest absolute Gasteiger partial charge is 0.394 e. The van der Waals surface area contributed by atoms with Crippen molar-refractivity contribution in [3.63, 3.8) is 0 Å². The average molecular weight is 1820 g/mol. The maximum atomic E-state index is 12.0. The Bertz CT molecular complexity index is 3840. The Morgan fingerprint density at radius 2 is 0.945 bits per heavy atom. The van der Waals surface area contributed by atoms with Gasteiger partial charge in [-0.25, -0.2) is 0 Å². The molecule has 0 aromatic rings. The number of aliphatic hydroxyl groups is 20. The maximum Gasteiger partial charge on any atom is 0.187 e. The highest BCUT2D eigenvalue weighted by atomic mass is 35.5. The van der Waals surface area contributed by atoms with Gasteiger partial charge < -0.3 is 174 Å². The van der Waals surface area contributed by atoms with Crippen molar-refractivity contribution < 1.29 is 168 Å². The van der Waals surface area contributed by atoms with Gasteiger partial charge in [0.25, 0.3) is 0 Å². The third-order valence-electron chi connectivity index (χ3n) is 27.6. The van der Waals surface area contributed by atoms with Gasteiger partial charge in [0.1, 0.15) is 116 Å². The van der Waals surface area contributed by atoms with Crippen LogP contribution in [0.15, 0.2) is 60.2 Å². The third kappa shape index (κ3) is 24.8. The second-order valence-corrected chi connectivity index (χ2v) is 36.8. The fraction of sp³-hybridized carbons (Fsp3) is 0.802. The highest BCUT2D eigenvalue weighted by Gasteiger charge is 2.60. The lowest BCUT2D eigenvalue weighted by atomic mass is 9.81. The van der Waals surface area contributed by atoms with Crippen molar-refractivity contribution in [2.45, 2.75) is 442 Å². The number of hydrogen-bond acceptors (Lipinski definition) is 35. The Hall–Kier alpha value is -4.17. The molecule has 0 saturated carbocycles. The molecule has 0 aromatic carbocycles. The zero-order chi connectivity index (χ0) is 90.6. The van der Waals surface area contributed by atoms with Crippen LogP contribution in [0, 0.1) is 53.8 Å². The smallest absolute Gasteiger partial charge is 0.187 e. The number of aliphatic hydroxyl groups excluding tert-OH is 20. The van der Waals surface area contributed by atoms with E-state index in [1.807, 2.05) is 36.5 Å². The van der Waals surface area contributed by atoms with Gasteiger partial charge >= 0.3 is 0 Å². The van der Waals surface area contributed by atoms with E-state index in [1.54, 1.807) is 6.08 Å². The van der Waals surface area contributed by atoms with Crippen molar-refractivity contribution in [3.8, 4) is 47.9 Å². The molecule has 0 aromatic heterocycles. The molecule has 712 valence electrons. The highest BCUT2D eigenvalue weighted by Crippen LogP contribution is 2.48. The van der Waals surface area contributed by atoms with Gasteiger partial charge in [-0.1, -0.05) is 90.7 Å². The molecular weight excluding hydrogens is 1690 g/mol. The number of unbranched alkanes of at least 4 members (excludes halogenated alkanes) is 1. The molecule has 13 aliphatic rings. The summed E-state index contributed by atoms with van der Waals surface area (Å²) in [7, 11) is 0. The summed E-state index contributed by atoms with van der Waals surface area (Å²) < 4.78 is 90.3. The van der Waals surface area contributed by atoms with Gasteiger partial charge in [-0.2, -0.15) is 0 Å². The predicted molar refractivity (Wildman–Crippen MR) is 446 cm³/mol. The van der Waals surface area contributed by atoms with Crippen LogP contribution in [-0.4, -0.2) is 396 Å². The quantitative estimate of drug-likeness (QED) is 0.0198. The molecule has 0 radical (unpaired) electrons. The number of ether oxygens (including phenoxy) is 14. The van der Waals surface area contributed by atoms with Crippen molar-refractivity contribution in [2.75, 3.05) is 6.61 Å². The summed E-state index contributed by atoms with van der Waals surface area (Å²) in [6.07, 6.45) is -27.2. The molecule has 13 rings (SSSR count). The predicted octanol–water partition coefficient (Wildman–Crippen LogP) is -3.29. The zero-order valence-corrected chi connectivity index (χ0v) is 71.9. The molecule has 13 fully saturated rings. The second-order valence-electron chi connectivity index (χ2n) is 36.5. The lowest BCUT2D eigenvalue weighted by molar-refractivity contribution is -0.333. The molecule has 10 unspecified atom stereocenters. The summed E-state index contributed by atoms with van der Waals surface area (Å²) in [6.45, 7) is 1.16. The molecule has 22 N–H and O–H groups in total. The summed E-state index contributed by atoms with van der Waals surface area (Å²) in [6, 6.07) is -0.0133. The summed E-state index contributed by atoms with van der Waals surface area (Å²) in [5, 5.41) is 224. The first-order valence-electron chi connectivity index (χ1n) is 45.3. The van der Waals surface area contributed by atoms with Crippen molar-refractivity contribution in [2.24, 2.45) is 11.7 Å². The Morgan fingerprint density at radius 3 is 1.65 bits per heavy atom. The van der Waals surface area contributed by atoms with Crippen molar-refractivity contribution in [1.82, 2.24) is 0 Å². The second kappa shape index (κ2) is 46.9. The molecule has 36 heteroatoms. The van der Waals surface area contributed by atoms with Crippen molar-refractivity contribution in [3.05, 3.63) is 60.2 Å². The molecule has 127 heavy (non-hydrogen) atoms. The van der Waals surface area contributed by atoms with Gasteiger partial charge in [0, 0.05) is 82.2 Å². The first kappa shape index (κ1) is 100. The van der Waals surface area contributed by atoms with Crippen LogP contribution in [0.2, 0.25) is 0 Å². The van der Waals surface area contributed by atoms with Gasteiger partial charge in [0.15, 0.2) is 6.29 Å². The minimum Gasteiger partial charge on any atom is -0.394 e. The van der Waals surface area contributed by atoms with Crippen LogP contribution in [-0.2, 0) is 66.3 Å². The van der Waals surface area contributed by atoms with E-state index in [-0.39, 0.29) is 130 Å². The van der Waals surface area contributed by atoms with Crippen molar-refractivity contribution >= 4 is 11.6 Å². The van der Waals surface area contributed by atoms with E-state index in [0.29, 0.717) is 64.2 Å². The molecule has 13 aliphatic heterocycles. The lowest BCUT2D eigenvalue weighted by Crippen LogP contribution is -2.70. The minimum absolute atomic E-state index is 0.00901. The Labute approximate surface area is 744 Å². The molecule has 48 atom stereocenters. The molecule has 0 amide bonds. The number of terminal acetylenes is 1. The Balaban J connectivity index is 0.537. The fourth-order valence-electron chi connectivity index (χ4n) is 20.7. The normalized spacial score (nSPS) is 44.7. The summed E-state index contributed by atoms with van der Waals surface area (Å²) >= 11 is 5.46. The third-order valence-corrected chi connectivity index (χ3v) is 27.7. The van der Waals surface area contributed by atoms with Crippen LogP contribution >= 0.6 is 11.6 Å².